The first-order chi connectivity index (χ1) is 13.7. The minimum atomic E-state index is 0. The number of para-hydroxylation sites is 2. The van der Waals surface area contributed by atoms with Gasteiger partial charge in [0.2, 0.25) is 5.91 Å². The van der Waals surface area contributed by atoms with Crippen molar-refractivity contribution in [3.05, 3.63) is 59.7 Å². The number of carbonyl (C=O) groups is 1. The molecule has 0 saturated carbocycles. The van der Waals surface area contributed by atoms with Crippen LogP contribution in [0, 0.1) is 0 Å². The first-order valence-electron chi connectivity index (χ1n) is 9.67. The first kappa shape index (κ1) is 23.0. The Kier molecular flexibility index (Phi) is 9.24. The maximum atomic E-state index is 12.7. The van der Waals surface area contributed by atoms with E-state index in [9.17, 15) is 4.79 Å². The predicted octanol–water partition coefficient (Wildman–Crippen LogP) is 3.00. The number of guanidine groups is 1. The Morgan fingerprint density at radius 2 is 1.90 bits per heavy atom. The molecule has 1 amide bonds. The molecule has 0 bridgehead atoms. The van der Waals surface area contributed by atoms with Crippen LogP contribution in [0.4, 0.5) is 5.69 Å². The molecule has 1 aliphatic heterocycles. The second-order valence-corrected chi connectivity index (χ2v) is 6.69. The number of amides is 1. The van der Waals surface area contributed by atoms with E-state index in [1.165, 1.54) is 5.56 Å². The van der Waals surface area contributed by atoms with Gasteiger partial charge in [0.25, 0.3) is 0 Å². The zero-order valence-electron chi connectivity index (χ0n) is 17.0. The monoisotopic (exact) mass is 508 g/mol. The molecule has 3 rings (SSSR count). The first-order valence-corrected chi connectivity index (χ1v) is 9.67. The van der Waals surface area contributed by atoms with Crippen LogP contribution in [0.3, 0.4) is 0 Å². The van der Waals surface area contributed by atoms with Crippen molar-refractivity contribution in [3.8, 4) is 5.75 Å². The van der Waals surface area contributed by atoms with Gasteiger partial charge >= 0.3 is 0 Å². The molecule has 6 nitrogen and oxygen atoms in total. The molecule has 1 aliphatic rings. The van der Waals surface area contributed by atoms with Crippen LogP contribution >= 0.6 is 24.0 Å². The van der Waals surface area contributed by atoms with E-state index in [0.717, 1.165) is 42.8 Å². The SMILES string of the molecule is CN=C(NCCc1ccccc1OC)NCC(=O)N1CCCc2ccccc21.I. The summed E-state index contributed by atoms with van der Waals surface area (Å²) < 4.78 is 5.38. The van der Waals surface area contributed by atoms with Gasteiger partial charge in [-0.2, -0.15) is 0 Å². The van der Waals surface area contributed by atoms with Crippen LogP contribution < -0.4 is 20.3 Å². The molecule has 0 spiro atoms. The number of aliphatic imine (C=N–C) groups is 1. The van der Waals surface area contributed by atoms with Gasteiger partial charge in [0.05, 0.1) is 13.7 Å². The maximum Gasteiger partial charge on any atom is 0.246 e. The lowest BCUT2D eigenvalue weighted by molar-refractivity contribution is -0.117. The van der Waals surface area contributed by atoms with E-state index in [1.807, 2.05) is 47.4 Å². The highest BCUT2D eigenvalue weighted by molar-refractivity contribution is 14.0. The molecule has 0 radical (unpaired) electrons. The molecule has 156 valence electrons. The summed E-state index contributed by atoms with van der Waals surface area (Å²) in [5.41, 5.74) is 3.40. The number of hydrogen-bond acceptors (Lipinski definition) is 3. The standard InChI is InChI=1S/C22H28N4O2.HI/c1-23-22(24-14-13-18-9-4-6-12-20(18)28-2)25-16-21(27)26-15-7-10-17-8-3-5-11-19(17)26;/h3-6,8-9,11-12H,7,10,13-16H2,1-2H3,(H2,23,24,25);1H. The molecule has 2 N–H and O–H groups in total. The molecule has 0 aromatic heterocycles. The highest BCUT2D eigenvalue weighted by Gasteiger charge is 2.21. The van der Waals surface area contributed by atoms with Crippen LogP contribution in [0.2, 0.25) is 0 Å². The second-order valence-electron chi connectivity index (χ2n) is 6.69. The molecule has 0 saturated heterocycles. The van der Waals surface area contributed by atoms with Gasteiger partial charge in [-0.25, -0.2) is 0 Å². The number of nitrogens with one attached hydrogen (secondary N) is 2. The van der Waals surface area contributed by atoms with E-state index in [-0.39, 0.29) is 36.4 Å². The van der Waals surface area contributed by atoms with Crippen molar-refractivity contribution in [3.63, 3.8) is 0 Å². The molecular formula is C22H29IN4O2. The Hall–Kier alpha value is -2.29. The fraction of sp³-hybridized carbons (Fsp3) is 0.364. The molecule has 1 heterocycles. The number of fused-ring (bicyclic) bond motifs is 1. The quantitative estimate of drug-likeness (QED) is 0.358. The molecular weight excluding hydrogens is 479 g/mol. The van der Waals surface area contributed by atoms with Gasteiger partial charge in [-0.05, 0) is 42.5 Å². The van der Waals surface area contributed by atoms with Gasteiger partial charge in [-0.3, -0.25) is 9.79 Å². The van der Waals surface area contributed by atoms with Crippen molar-refractivity contribution in [1.82, 2.24) is 10.6 Å². The van der Waals surface area contributed by atoms with Crippen LogP contribution in [0.15, 0.2) is 53.5 Å². The Morgan fingerprint density at radius 3 is 2.69 bits per heavy atom. The van der Waals surface area contributed by atoms with E-state index >= 15 is 0 Å². The van der Waals surface area contributed by atoms with Crippen LogP contribution in [0.25, 0.3) is 0 Å². The number of halogens is 1. The Balaban J connectivity index is 0.00000300. The number of hydrogen-bond donors (Lipinski definition) is 2. The van der Waals surface area contributed by atoms with Crippen molar-refractivity contribution in [2.75, 3.05) is 38.7 Å². The molecule has 0 unspecified atom stereocenters. The summed E-state index contributed by atoms with van der Waals surface area (Å²) >= 11 is 0. The third-order valence-corrected chi connectivity index (χ3v) is 4.92. The average Bonchev–Trinajstić information content (AvgIpc) is 2.75. The molecule has 29 heavy (non-hydrogen) atoms. The second kappa shape index (κ2) is 11.6. The number of benzene rings is 2. The topological polar surface area (TPSA) is 66.0 Å². The van der Waals surface area contributed by atoms with Crippen molar-refractivity contribution < 1.29 is 9.53 Å². The lowest BCUT2D eigenvalue weighted by Crippen LogP contribution is -2.46. The van der Waals surface area contributed by atoms with E-state index in [2.05, 4.69) is 21.7 Å². The summed E-state index contributed by atoms with van der Waals surface area (Å²) in [6.07, 6.45) is 2.83. The van der Waals surface area contributed by atoms with Gasteiger partial charge in [0.1, 0.15) is 5.75 Å². The van der Waals surface area contributed by atoms with Crippen LogP contribution in [0.5, 0.6) is 5.75 Å². The fourth-order valence-electron chi connectivity index (χ4n) is 3.49. The predicted molar refractivity (Wildman–Crippen MR) is 129 cm³/mol. The van der Waals surface area contributed by atoms with Crippen LogP contribution in [0.1, 0.15) is 17.5 Å². The van der Waals surface area contributed by atoms with E-state index in [0.29, 0.717) is 12.5 Å². The molecule has 2 aromatic carbocycles. The van der Waals surface area contributed by atoms with Crippen LogP contribution in [-0.2, 0) is 17.6 Å². The minimum Gasteiger partial charge on any atom is -0.496 e. The minimum absolute atomic E-state index is 0. The number of ether oxygens (including phenoxy) is 1. The zero-order chi connectivity index (χ0) is 19.8. The van der Waals surface area contributed by atoms with Crippen molar-refractivity contribution in [2.24, 2.45) is 4.99 Å². The molecule has 7 heteroatoms. The average molecular weight is 508 g/mol. The van der Waals surface area contributed by atoms with Crippen molar-refractivity contribution >= 4 is 41.5 Å². The number of aryl methyl sites for hydroxylation is 1. The smallest absolute Gasteiger partial charge is 0.246 e. The Bertz CT molecular complexity index is 841. The molecule has 0 fully saturated rings. The molecule has 2 aromatic rings. The lowest BCUT2D eigenvalue weighted by Gasteiger charge is -2.29. The lowest BCUT2D eigenvalue weighted by atomic mass is 10.0. The number of carbonyl (C=O) groups excluding carboxylic acids is 1. The fourth-order valence-corrected chi connectivity index (χ4v) is 3.49. The number of methoxy groups -OCH3 is 1. The van der Waals surface area contributed by atoms with Gasteiger partial charge in [0, 0.05) is 25.8 Å². The molecule has 0 aliphatic carbocycles. The summed E-state index contributed by atoms with van der Waals surface area (Å²) in [5, 5.41) is 6.39. The van der Waals surface area contributed by atoms with E-state index in [4.69, 9.17) is 4.74 Å². The van der Waals surface area contributed by atoms with Gasteiger partial charge < -0.3 is 20.3 Å². The van der Waals surface area contributed by atoms with Crippen LogP contribution in [-0.4, -0.2) is 45.7 Å². The summed E-state index contributed by atoms with van der Waals surface area (Å²) in [6.45, 7) is 1.67. The summed E-state index contributed by atoms with van der Waals surface area (Å²) in [5.74, 6) is 1.56. The summed E-state index contributed by atoms with van der Waals surface area (Å²) in [7, 11) is 3.39. The third kappa shape index (κ3) is 6.09. The van der Waals surface area contributed by atoms with E-state index < -0.39 is 0 Å². The summed E-state index contributed by atoms with van der Waals surface area (Å²) in [4.78, 5) is 18.8. The summed E-state index contributed by atoms with van der Waals surface area (Å²) in [6, 6.07) is 16.1. The zero-order valence-corrected chi connectivity index (χ0v) is 19.3. The van der Waals surface area contributed by atoms with Gasteiger partial charge in [-0.15, -0.1) is 24.0 Å². The van der Waals surface area contributed by atoms with Gasteiger partial charge in [-0.1, -0.05) is 36.4 Å². The van der Waals surface area contributed by atoms with E-state index in [1.54, 1.807) is 14.2 Å². The Morgan fingerprint density at radius 1 is 1.14 bits per heavy atom. The number of nitrogens with zero attached hydrogens (tertiary/aromatic N) is 2. The largest absolute Gasteiger partial charge is 0.496 e. The van der Waals surface area contributed by atoms with Gasteiger partial charge in [0.15, 0.2) is 5.96 Å². The molecule has 0 atom stereocenters. The highest BCUT2D eigenvalue weighted by Crippen LogP contribution is 2.26. The number of anilines is 1. The normalized spacial score (nSPS) is 13.2. The van der Waals surface area contributed by atoms with Crippen molar-refractivity contribution in [1.29, 1.82) is 0 Å². The number of rotatable bonds is 6. The Labute approximate surface area is 189 Å². The maximum absolute atomic E-state index is 12.7. The highest BCUT2D eigenvalue weighted by atomic mass is 127. The third-order valence-electron chi connectivity index (χ3n) is 4.92. The van der Waals surface area contributed by atoms with Crippen molar-refractivity contribution in [2.45, 2.75) is 19.3 Å².